The molecule has 0 saturated carbocycles. The number of fused-ring (bicyclic) bond motifs is 1. The maximum Gasteiger partial charge on any atom is 0.243 e. The number of carbonyl (C=O) groups is 1. The van der Waals surface area contributed by atoms with Gasteiger partial charge >= 0.3 is 0 Å². The monoisotopic (exact) mass is 354 g/mol. The van der Waals surface area contributed by atoms with Gasteiger partial charge in [0.25, 0.3) is 0 Å². The molecule has 0 aromatic heterocycles. The van der Waals surface area contributed by atoms with Gasteiger partial charge in [0, 0.05) is 17.6 Å². The van der Waals surface area contributed by atoms with Crippen LogP contribution in [0, 0.1) is 17.5 Å². The summed E-state index contributed by atoms with van der Waals surface area (Å²) < 4.78 is 41.1. The number of carbonyl (C=O) groups excluding carboxylic acids is 1. The van der Waals surface area contributed by atoms with E-state index in [1.54, 1.807) is 0 Å². The van der Waals surface area contributed by atoms with Crippen LogP contribution in [0.5, 0.6) is 0 Å². The Labute approximate surface area is 142 Å². The fourth-order valence-electron chi connectivity index (χ4n) is 2.85. The quantitative estimate of drug-likeness (QED) is 0.898. The van der Waals surface area contributed by atoms with Gasteiger partial charge in [0.05, 0.1) is 17.9 Å². The van der Waals surface area contributed by atoms with E-state index < -0.39 is 23.4 Å². The van der Waals surface area contributed by atoms with Crippen LogP contribution < -0.4 is 10.2 Å². The minimum absolute atomic E-state index is 0.00112. The van der Waals surface area contributed by atoms with Gasteiger partial charge in [-0.1, -0.05) is 11.6 Å². The van der Waals surface area contributed by atoms with Crippen molar-refractivity contribution < 1.29 is 18.0 Å². The fourth-order valence-corrected chi connectivity index (χ4v) is 3.01. The Morgan fingerprint density at radius 1 is 1.17 bits per heavy atom. The van der Waals surface area contributed by atoms with Crippen molar-refractivity contribution in [2.24, 2.45) is 0 Å². The standard InChI is InChI=1S/C17H14ClF3N2O/c18-11-3-4-15(13(20)7-11)22-16(24)9-23-5-1-2-10-6-12(19)8-14(21)17(10)23/h3-4,6-8H,1-2,5,9H2,(H,22,24). The number of aryl methyl sites for hydroxylation is 1. The van der Waals surface area contributed by atoms with Crippen molar-refractivity contribution in [3.05, 3.63) is 58.4 Å². The zero-order valence-electron chi connectivity index (χ0n) is 12.6. The van der Waals surface area contributed by atoms with E-state index in [1.807, 2.05) is 0 Å². The Kier molecular flexibility index (Phi) is 4.66. The van der Waals surface area contributed by atoms with Crippen molar-refractivity contribution in [3.63, 3.8) is 0 Å². The normalized spacial score (nSPS) is 13.6. The lowest BCUT2D eigenvalue weighted by molar-refractivity contribution is -0.115. The Morgan fingerprint density at radius 3 is 2.71 bits per heavy atom. The van der Waals surface area contributed by atoms with E-state index in [-0.39, 0.29) is 22.9 Å². The third-order valence-electron chi connectivity index (χ3n) is 3.84. The molecule has 126 valence electrons. The number of rotatable bonds is 3. The number of amides is 1. The lowest BCUT2D eigenvalue weighted by Gasteiger charge is -2.31. The molecule has 1 aliphatic rings. The van der Waals surface area contributed by atoms with Crippen molar-refractivity contribution in [3.8, 4) is 0 Å². The summed E-state index contributed by atoms with van der Waals surface area (Å²) in [4.78, 5) is 13.7. The van der Waals surface area contributed by atoms with Gasteiger partial charge in [0.2, 0.25) is 5.91 Å². The topological polar surface area (TPSA) is 32.3 Å². The molecule has 1 N–H and O–H groups in total. The summed E-state index contributed by atoms with van der Waals surface area (Å²) in [5.41, 5.74) is 0.764. The second-order valence-corrected chi connectivity index (χ2v) is 6.03. The fraction of sp³-hybridized carbons (Fsp3) is 0.235. The summed E-state index contributed by atoms with van der Waals surface area (Å²) in [5, 5.41) is 2.66. The molecule has 1 aliphatic heterocycles. The van der Waals surface area contributed by atoms with Crippen molar-refractivity contribution >= 4 is 28.9 Å². The highest BCUT2D eigenvalue weighted by Gasteiger charge is 2.24. The number of anilines is 2. The molecular weight excluding hydrogens is 341 g/mol. The molecule has 0 fully saturated rings. The number of benzene rings is 2. The van der Waals surface area contributed by atoms with E-state index in [4.69, 9.17) is 11.6 Å². The van der Waals surface area contributed by atoms with Crippen LogP contribution in [0.25, 0.3) is 0 Å². The Balaban J connectivity index is 1.76. The Hall–Kier alpha value is -2.21. The first-order chi connectivity index (χ1) is 11.4. The molecule has 0 bridgehead atoms. The number of hydrogen-bond acceptors (Lipinski definition) is 2. The Morgan fingerprint density at radius 2 is 1.96 bits per heavy atom. The average Bonchev–Trinajstić information content (AvgIpc) is 2.49. The van der Waals surface area contributed by atoms with Crippen LogP contribution in [-0.2, 0) is 11.2 Å². The van der Waals surface area contributed by atoms with Gasteiger partial charge in [-0.3, -0.25) is 4.79 Å². The molecule has 2 aromatic carbocycles. The predicted octanol–water partition coefficient (Wildman–Crippen LogP) is 4.15. The van der Waals surface area contributed by atoms with Crippen LogP contribution in [0.4, 0.5) is 24.5 Å². The van der Waals surface area contributed by atoms with Gasteiger partial charge in [-0.05, 0) is 42.7 Å². The van der Waals surface area contributed by atoms with Gasteiger partial charge in [0.1, 0.15) is 17.5 Å². The summed E-state index contributed by atoms with van der Waals surface area (Å²) in [7, 11) is 0. The number of halogens is 4. The van der Waals surface area contributed by atoms with Gasteiger partial charge < -0.3 is 10.2 Å². The van der Waals surface area contributed by atoms with E-state index in [0.29, 0.717) is 24.9 Å². The first kappa shape index (κ1) is 16.6. The zero-order chi connectivity index (χ0) is 17.3. The zero-order valence-corrected chi connectivity index (χ0v) is 13.3. The summed E-state index contributed by atoms with van der Waals surface area (Å²) in [6.45, 7) is 0.309. The van der Waals surface area contributed by atoms with Gasteiger partial charge in [-0.15, -0.1) is 0 Å². The lowest BCUT2D eigenvalue weighted by Crippen LogP contribution is -2.37. The van der Waals surface area contributed by atoms with Gasteiger partial charge in [-0.2, -0.15) is 0 Å². The van der Waals surface area contributed by atoms with E-state index in [1.165, 1.54) is 23.1 Å². The highest BCUT2D eigenvalue weighted by atomic mass is 35.5. The molecule has 0 atom stereocenters. The van der Waals surface area contributed by atoms with E-state index in [0.717, 1.165) is 12.1 Å². The van der Waals surface area contributed by atoms with Crippen LogP contribution in [0.1, 0.15) is 12.0 Å². The average molecular weight is 355 g/mol. The van der Waals surface area contributed by atoms with Crippen LogP contribution in [0.15, 0.2) is 30.3 Å². The van der Waals surface area contributed by atoms with Gasteiger partial charge in [0.15, 0.2) is 0 Å². The third-order valence-corrected chi connectivity index (χ3v) is 4.07. The first-order valence-corrected chi connectivity index (χ1v) is 7.79. The van der Waals surface area contributed by atoms with Crippen molar-refractivity contribution in [2.75, 3.05) is 23.3 Å². The SMILES string of the molecule is O=C(CN1CCCc2cc(F)cc(F)c21)Nc1ccc(Cl)cc1F. The minimum atomic E-state index is -0.699. The lowest BCUT2D eigenvalue weighted by atomic mass is 10.0. The third kappa shape index (κ3) is 3.48. The highest BCUT2D eigenvalue weighted by molar-refractivity contribution is 6.30. The molecule has 0 spiro atoms. The maximum atomic E-state index is 14.1. The van der Waals surface area contributed by atoms with Gasteiger partial charge in [-0.25, -0.2) is 13.2 Å². The summed E-state index contributed by atoms with van der Waals surface area (Å²) in [5.74, 6) is -2.48. The first-order valence-electron chi connectivity index (χ1n) is 7.42. The molecule has 1 amide bonds. The van der Waals surface area contributed by atoms with Crippen molar-refractivity contribution in [1.29, 1.82) is 0 Å². The summed E-state index contributed by atoms with van der Waals surface area (Å²) >= 11 is 5.66. The van der Waals surface area contributed by atoms with Crippen LogP contribution in [0.2, 0.25) is 5.02 Å². The number of hydrogen-bond donors (Lipinski definition) is 1. The highest BCUT2D eigenvalue weighted by Crippen LogP contribution is 2.31. The molecule has 2 aromatic rings. The largest absolute Gasteiger partial charge is 0.360 e. The molecule has 24 heavy (non-hydrogen) atoms. The Bertz CT molecular complexity index is 798. The van der Waals surface area contributed by atoms with Crippen molar-refractivity contribution in [2.45, 2.75) is 12.8 Å². The van der Waals surface area contributed by atoms with Crippen LogP contribution in [0.3, 0.4) is 0 Å². The summed E-state index contributed by atoms with van der Waals surface area (Å²) in [6.07, 6.45) is 1.23. The molecule has 0 unspecified atom stereocenters. The second kappa shape index (κ2) is 6.73. The smallest absolute Gasteiger partial charge is 0.243 e. The molecule has 3 rings (SSSR count). The predicted molar refractivity (Wildman–Crippen MR) is 86.9 cm³/mol. The number of nitrogens with one attached hydrogen (secondary N) is 1. The molecule has 0 radical (unpaired) electrons. The van der Waals surface area contributed by atoms with E-state index in [9.17, 15) is 18.0 Å². The molecule has 3 nitrogen and oxygen atoms in total. The molecular formula is C17H14ClF3N2O. The minimum Gasteiger partial charge on any atom is -0.360 e. The number of nitrogens with zero attached hydrogens (tertiary/aromatic N) is 1. The van der Waals surface area contributed by atoms with Crippen molar-refractivity contribution in [1.82, 2.24) is 0 Å². The molecule has 1 heterocycles. The summed E-state index contributed by atoms with van der Waals surface area (Å²) in [6, 6.07) is 5.99. The van der Waals surface area contributed by atoms with E-state index in [2.05, 4.69) is 5.32 Å². The van der Waals surface area contributed by atoms with Crippen LogP contribution >= 0.6 is 11.6 Å². The molecule has 0 saturated heterocycles. The maximum absolute atomic E-state index is 14.1. The molecule has 7 heteroatoms. The second-order valence-electron chi connectivity index (χ2n) is 5.59. The van der Waals surface area contributed by atoms with E-state index >= 15 is 0 Å². The molecule has 0 aliphatic carbocycles. The van der Waals surface area contributed by atoms with Crippen LogP contribution in [-0.4, -0.2) is 19.0 Å².